The van der Waals surface area contributed by atoms with Crippen molar-refractivity contribution in [1.82, 2.24) is 0 Å². The van der Waals surface area contributed by atoms with Crippen LogP contribution in [0.5, 0.6) is 0 Å². The molecule has 0 aliphatic carbocycles. The number of esters is 1. The SMILES string of the molecule is COC(=O)CCNc1ccc(SC)cc1. The van der Waals surface area contributed by atoms with Crippen LogP contribution in [-0.2, 0) is 9.53 Å². The van der Waals surface area contributed by atoms with Gasteiger partial charge in [-0.25, -0.2) is 0 Å². The van der Waals surface area contributed by atoms with E-state index in [-0.39, 0.29) is 5.97 Å². The lowest BCUT2D eigenvalue weighted by molar-refractivity contribution is -0.140. The molecule has 0 saturated heterocycles. The van der Waals surface area contributed by atoms with Crippen LogP contribution < -0.4 is 5.32 Å². The largest absolute Gasteiger partial charge is 0.469 e. The zero-order chi connectivity index (χ0) is 11.1. The highest BCUT2D eigenvalue weighted by Gasteiger charge is 1.99. The average Bonchev–Trinajstić information content (AvgIpc) is 2.29. The molecule has 0 aliphatic rings. The molecule has 0 bridgehead atoms. The van der Waals surface area contributed by atoms with Crippen molar-refractivity contribution in [3.05, 3.63) is 24.3 Å². The van der Waals surface area contributed by atoms with E-state index in [2.05, 4.69) is 10.1 Å². The van der Waals surface area contributed by atoms with Crippen LogP contribution in [0.15, 0.2) is 29.2 Å². The number of hydrogen-bond acceptors (Lipinski definition) is 4. The van der Waals surface area contributed by atoms with Crippen molar-refractivity contribution in [1.29, 1.82) is 0 Å². The van der Waals surface area contributed by atoms with E-state index < -0.39 is 0 Å². The molecule has 0 aromatic heterocycles. The fraction of sp³-hybridized carbons (Fsp3) is 0.364. The third-order valence-electron chi connectivity index (χ3n) is 1.98. The lowest BCUT2D eigenvalue weighted by atomic mass is 10.3. The van der Waals surface area contributed by atoms with Gasteiger partial charge in [-0.3, -0.25) is 4.79 Å². The van der Waals surface area contributed by atoms with E-state index in [1.54, 1.807) is 11.8 Å². The lowest BCUT2D eigenvalue weighted by Crippen LogP contribution is -2.09. The number of benzene rings is 1. The van der Waals surface area contributed by atoms with Crippen LogP contribution in [0, 0.1) is 0 Å². The number of carbonyl (C=O) groups is 1. The van der Waals surface area contributed by atoms with Gasteiger partial charge in [0, 0.05) is 17.1 Å². The van der Waals surface area contributed by atoms with Gasteiger partial charge in [0.05, 0.1) is 13.5 Å². The number of ether oxygens (including phenoxy) is 1. The molecule has 0 unspecified atom stereocenters. The van der Waals surface area contributed by atoms with E-state index in [1.807, 2.05) is 30.5 Å². The Morgan fingerprint density at radius 3 is 2.60 bits per heavy atom. The molecule has 1 rings (SSSR count). The summed E-state index contributed by atoms with van der Waals surface area (Å²) in [6.45, 7) is 0.602. The molecular formula is C11H15NO2S. The second-order valence-electron chi connectivity index (χ2n) is 2.98. The number of carbonyl (C=O) groups excluding carboxylic acids is 1. The van der Waals surface area contributed by atoms with Crippen LogP contribution in [0.3, 0.4) is 0 Å². The van der Waals surface area contributed by atoms with Gasteiger partial charge in [-0.1, -0.05) is 0 Å². The van der Waals surface area contributed by atoms with Crippen LogP contribution in [0.4, 0.5) is 5.69 Å². The summed E-state index contributed by atoms with van der Waals surface area (Å²) in [5, 5.41) is 3.15. The molecule has 1 aromatic carbocycles. The van der Waals surface area contributed by atoms with Crippen molar-refractivity contribution in [2.24, 2.45) is 0 Å². The molecule has 0 saturated carbocycles. The van der Waals surface area contributed by atoms with Gasteiger partial charge in [-0.15, -0.1) is 11.8 Å². The number of thioether (sulfide) groups is 1. The van der Waals surface area contributed by atoms with Crippen molar-refractivity contribution >= 4 is 23.4 Å². The quantitative estimate of drug-likeness (QED) is 0.617. The fourth-order valence-electron chi connectivity index (χ4n) is 1.12. The maximum Gasteiger partial charge on any atom is 0.307 e. The summed E-state index contributed by atoms with van der Waals surface area (Å²) in [5.74, 6) is -0.191. The first kappa shape index (κ1) is 11.9. The van der Waals surface area contributed by atoms with Crippen molar-refractivity contribution in [3.8, 4) is 0 Å². The molecular weight excluding hydrogens is 210 g/mol. The van der Waals surface area contributed by atoms with Crippen molar-refractivity contribution < 1.29 is 9.53 Å². The third-order valence-corrected chi connectivity index (χ3v) is 2.72. The molecule has 0 amide bonds. The van der Waals surface area contributed by atoms with Gasteiger partial charge in [-0.05, 0) is 30.5 Å². The Bertz CT molecular complexity index is 311. The van der Waals surface area contributed by atoms with Gasteiger partial charge in [0.2, 0.25) is 0 Å². The average molecular weight is 225 g/mol. The van der Waals surface area contributed by atoms with Crippen molar-refractivity contribution in [3.63, 3.8) is 0 Å². The van der Waals surface area contributed by atoms with Gasteiger partial charge in [-0.2, -0.15) is 0 Å². The van der Waals surface area contributed by atoms with Gasteiger partial charge < -0.3 is 10.1 Å². The molecule has 0 atom stereocenters. The minimum atomic E-state index is -0.191. The zero-order valence-electron chi connectivity index (χ0n) is 8.95. The highest BCUT2D eigenvalue weighted by molar-refractivity contribution is 7.98. The topological polar surface area (TPSA) is 38.3 Å². The third kappa shape index (κ3) is 4.25. The first-order chi connectivity index (χ1) is 7.26. The molecule has 82 valence electrons. The molecule has 0 radical (unpaired) electrons. The van der Waals surface area contributed by atoms with Crippen LogP contribution in [0.25, 0.3) is 0 Å². The Morgan fingerprint density at radius 2 is 2.07 bits per heavy atom. The maximum absolute atomic E-state index is 10.8. The predicted molar refractivity (Wildman–Crippen MR) is 63.3 cm³/mol. The Kier molecular flexibility index (Phi) is 5.04. The van der Waals surface area contributed by atoms with Gasteiger partial charge in [0.15, 0.2) is 0 Å². The van der Waals surface area contributed by atoms with E-state index in [1.165, 1.54) is 12.0 Å². The summed E-state index contributed by atoms with van der Waals surface area (Å²) in [6, 6.07) is 8.10. The van der Waals surface area contributed by atoms with Gasteiger partial charge in [0.25, 0.3) is 0 Å². The van der Waals surface area contributed by atoms with E-state index >= 15 is 0 Å². The molecule has 0 heterocycles. The summed E-state index contributed by atoms with van der Waals surface area (Å²) in [5.41, 5.74) is 1.02. The number of hydrogen-bond donors (Lipinski definition) is 1. The first-order valence-corrected chi connectivity index (χ1v) is 5.93. The minimum Gasteiger partial charge on any atom is -0.469 e. The van der Waals surface area contributed by atoms with Crippen LogP contribution >= 0.6 is 11.8 Å². The summed E-state index contributed by atoms with van der Waals surface area (Å²) >= 11 is 1.71. The molecule has 3 nitrogen and oxygen atoms in total. The Hall–Kier alpha value is -1.16. The van der Waals surface area contributed by atoms with Gasteiger partial charge in [0.1, 0.15) is 0 Å². The number of nitrogens with one attached hydrogen (secondary N) is 1. The first-order valence-electron chi connectivity index (χ1n) is 4.71. The van der Waals surface area contributed by atoms with E-state index in [9.17, 15) is 4.79 Å². The van der Waals surface area contributed by atoms with Crippen LogP contribution in [-0.4, -0.2) is 25.9 Å². The van der Waals surface area contributed by atoms with E-state index in [0.29, 0.717) is 13.0 Å². The maximum atomic E-state index is 10.8. The Balaban J connectivity index is 2.34. The lowest BCUT2D eigenvalue weighted by Gasteiger charge is -2.05. The molecule has 0 spiro atoms. The predicted octanol–water partition coefficient (Wildman–Crippen LogP) is 2.38. The monoisotopic (exact) mass is 225 g/mol. The second kappa shape index (κ2) is 6.35. The van der Waals surface area contributed by atoms with Crippen molar-refractivity contribution in [2.45, 2.75) is 11.3 Å². The highest BCUT2D eigenvalue weighted by atomic mass is 32.2. The molecule has 1 aromatic rings. The summed E-state index contributed by atoms with van der Waals surface area (Å²) in [6.07, 6.45) is 2.43. The smallest absolute Gasteiger partial charge is 0.307 e. The number of methoxy groups -OCH3 is 1. The molecule has 0 aliphatic heterocycles. The van der Waals surface area contributed by atoms with E-state index in [4.69, 9.17) is 0 Å². The summed E-state index contributed by atoms with van der Waals surface area (Å²) in [4.78, 5) is 12.1. The second-order valence-corrected chi connectivity index (χ2v) is 3.86. The Labute approximate surface area is 94.2 Å². The molecule has 0 fully saturated rings. The normalized spacial score (nSPS) is 9.73. The number of anilines is 1. The zero-order valence-corrected chi connectivity index (χ0v) is 9.76. The van der Waals surface area contributed by atoms with Gasteiger partial charge >= 0.3 is 5.97 Å². The molecule has 15 heavy (non-hydrogen) atoms. The molecule has 4 heteroatoms. The van der Waals surface area contributed by atoms with Crippen molar-refractivity contribution in [2.75, 3.05) is 25.2 Å². The summed E-state index contributed by atoms with van der Waals surface area (Å²) in [7, 11) is 1.40. The standard InChI is InChI=1S/C11H15NO2S/c1-14-11(13)7-8-12-9-3-5-10(15-2)6-4-9/h3-6,12H,7-8H2,1-2H3. The van der Waals surface area contributed by atoms with Crippen LogP contribution in [0.2, 0.25) is 0 Å². The highest BCUT2D eigenvalue weighted by Crippen LogP contribution is 2.17. The number of rotatable bonds is 5. The van der Waals surface area contributed by atoms with Crippen LogP contribution in [0.1, 0.15) is 6.42 Å². The minimum absolute atomic E-state index is 0.191. The molecule has 1 N–H and O–H groups in total. The summed E-state index contributed by atoms with van der Waals surface area (Å²) < 4.78 is 4.54. The fourth-order valence-corrected chi connectivity index (χ4v) is 1.53. The Morgan fingerprint density at radius 1 is 1.40 bits per heavy atom. The van der Waals surface area contributed by atoms with E-state index in [0.717, 1.165) is 5.69 Å².